The minimum atomic E-state index is -0.435. The standard InChI is InChI=1S/C19H23NO3/c1-2-8-20-9-7-19-12-4-6-15(22)18(19)23-17-14(21)5-3-11(16(17)19)10-13(12)20/h2-3,5,12-13,15,18,21-22H,1,4,6-10H2/t12-,13+,15+,18-,19-/m0/s1. The van der Waals surface area contributed by atoms with Gasteiger partial charge in [-0.05, 0) is 49.8 Å². The van der Waals surface area contributed by atoms with E-state index in [1.54, 1.807) is 6.07 Å². The van der Waals surface area contributed by atoms with Crippen molar-refractivity contribution in [1.82, 2.24) is 4.90 Å². The number of hydrogen-bond acceptors (Lipinski definition) is 4. The highest BCUT2D eigenvalue weighted by atomic mass is 16.5. The van der Waals surface area contributed by atoms with E-state index in [0.717, 1.165) is 38.8 Å². The summed E-state index contributed by atoms with van der Waals surface area (Å²) in [6, 6.07) is 4.30. The summed E-state index contributed by atoms with van der Waals surface area (Å²) in [5, 5.41) is 20.9. The molecule has 1 saturated heterocycles. The fourth-order valence-corrected chi connectivity index (χ4v) is 5.99. The fraction of sp³-hybridized carbons (Fsp3) is 0.579. The van der Waals surface area contributed by atoms with Gasteiger partial charge in [0.05, 0.1) is 6.10 Å². The number of phenolic OH excluding ortho intramolecular Hbond substituents is 1. The topological polar surface area (TPSA) is 52.9 Å². The molecule has 1 spiro atoms. The molecule has 0 amide bonds. The number of likely N-dealkylation sites (tertiary alicyclic amines) is 1. The minimum Gasteiger partial charge on any atom is -0.504 e. The smallest absolute Gasteiger partial charge is 0.165 e. The molecule has 5 rings (SSSR count). The second-order valence-electron chi connectivity index (χ2n) is 7.58. The first kappa shape index (κ1) is 13.9. The molecule has 4 aliphatic rings. The van der Waals surface area contributed by atoms with Crippen molar-refractivity contribution in [2.75, 3.05) is 13.1 Å². The fourth-order valence-electron chi connectivity index (χ4n) is 5.99. The van der Waals surface area contributed by atoms with E-state index in [1.807, 2.05) is 6.08 Å². The molecule has 122 valence electrons. The highest BCUT2D eigenvalue weighted by Crippen LogP contribution is 2.63. The van der Waals surface area contributed by atoms with E-state index in [1.165, 1.54) is 11.1 Å². The second kappa shape index (κ2) is 4.52. The van der Waals surface area contributed by atoms with Gasteiger partial charge in [-0.25, -0.2) is 0 Å². The Bertz CT molecular complexity index is 687. The van der Waals surface area contributed by atoms with Crippen molar-refractivity contribution >= 4 is 0 Å². The normalized spacial score (nSPS) is 40.4. The third kappa shape index (κ3) is 1.54. The van der Waals surface area contributed by atoms with E-state index in [4.69, 9.17) is 4.74 Å². The molecule has 1 saturated carbocycles. The number of piperidine rings is 1. The van der Waals surface area contributed by atoms with Gasteiger partial charge in [-0.1, -0.05) is 12.1 Å². The number of hydrogen-bond donors (Lipinski definition) is 2. The Morgan fingerprint density at radius 3 is 3.09 bits per heavy atom. The van der Waals surface area contributed by atoms with E-state index in [-0.39, 0.29) is 17.3 Å². The summed E-state index contributed by atoms with van der Waals surface area (Å²) in [6.45, 7) is 5.85. The van der Waals surface area contributed by atoms with Crippen LogP contribution in [0.15, 0.2) is 24.8 Å². The molecule has 23 heavy (non-hydrogen) atoms. The van der Waals surface area contributed by atoms with Crippen molar-refractivity contribution in [3.05, 3.63) is 35.9 Å². The molecule has 2 N–H and O–H groups in total. The Balaban J connectivity index is 1.73. The average molecular weight is 313 g/mol. The van der Waals surface area contributed by atoms with Gasteiger partial charge in [0.1, 0.15) is 6.10 Å². The number of aromatic hydroxyl groups is 1. The first-order valence-electron chi connectivity index (χ1n) is 8.72. The summed E-state index contributed by atoms with van der Waals surface area (Å²) in [4.78, 5) is 2.55. The van der Waals surface area contributed by atoms with Crippen LogP contribution in [0.1, 0.15) is 30.4 Å². The highest BCUT2D eigenvalue weighted by Gasteiger charge is 2.65. The molecular formula is C19H23NO3. The van der Waals surface area contributed by atoms with Gasteiger partial charge in [0.15, 0.2) is 11.5 Å². The lowest BCUT2D eigenvalue weighted by atomic mass is 9.51. The predicted molar refractivity (Wildman–Crippen MR) is 86.8 cm³/mol. The number of rotatable bonds is 2. The average Bonchev–Trinajstić information content (AvgIpc) is 2.89. The van der Waals surface area contributed by atoms with Crippen molar-refractivity contribution in [2.24, 2.45) is 5.92 Å². The SMILES string of the molecule is C=CCN1CC[C@]23c4c5ccc(O)c4O[C@H]2[C@H](O)CC[C@H]3[C@H]1C5. The number of nitrogens with zero attached hydrogens (tertiary/aromatic N) is 1. The van der Waals surface area contributed by atoms with Crippen LogP contribution >= 0.6 is 0 Å². The molecule has 1 aromatic carbocycles. The zero-order valence-corrected chi connectivity index (χ0v) is 13.2. The Kier molecular flexibility index (Phi) is 2.73. The molecular weight excluding hydrogens is 290 g/mol. The van der Waals surface area contributed by atoms with Crippen LogP contribution in [-0.2, 0) is 11.8 Å². The Labute approximate surface area is 136 Å². The largest absolute Gasteiger partial charge is 0.504 e. The van der Waals surface area contributed by atoms with E-state index in [2.05, 4.69) is 17.5 Å². The molecule has 2 bridgehead atoms. The van der Waals surface area contributed by atoms with Gasteiger partial charge in [0.2, 0.25) is 0 Å². The number of aliphatic hydroxyl groups excluding tert-OH is 1. The lowest BCUT2D eigenvalue weighted by molar-refractivity contribution is -0.102. The van der Waals surface area contributed by atoms with Crippen molar-refractivity contribution < 1.29 is 14.9 Å². The molecule has 4 heteroatoms. The van der Waals surface area contributed by atoms with Gasteiger partial charge in [-0.3, -0.25) is 4.90 Å². The summed E-state index contributed by atoms with van der Waals surface area (Å²) in [5.41, 5.74) is 2.40. The van der Waals surface area contributed by atoms with Gasteiger partial charge in [-0.2, -0.15) is 0 Å². The summed E-state index contributed by atoms with van der Waals surface area (Å²) < 4.78 is 6.18. The molecule has 0 radical (unpaired) electrons. The molecule has 5 atom stereocenters. The summed E-state index contributed by atoms with van der Waals surface area (Å²) in [7, 11) is 0. The van der Waals surface area contributed by atoms with Crippen LogP contribution in [0.25, 0.3) is 0 Å². The summed E-state index contributed by atoms with van der Waals surface area (Å²) in [6.07, 6.45) is 5.19. The van der Waals surface area contributed by atoms with E-state index in [9.17, 15) is 10.2 Å². The van der Waals surface area contributed by atoms with Crippen molar-refractivity contribution in [3.63, 3.8) is 0 Å². The predicted octanol–water partition coefficient (Wildman–Crippen LogP) is 1.98. The molecule has 2 aliphatic carbocycles. The molecule has 1 aromatic rings. The van der Waals surface area contributed by atoms with Gasteiger partial charge in [0, 0.05) is 23.6 Å². The monoisotopic (exact) mass is 313 g/mol. The Hall–Kier alpha value is -1.52. The number of ether oxygens (including phenoxy) is 1. The van der Waals surface area contributed by atoms with Crippen molar-refractivity contribution in [2.45, 2.75) is 49.3 Å². The Morgan fingerprint density at radius 2 is 2.26 bits per heavy atom. The second-order valence-corrected chi connectivity index (χ2v) is 7.58. The van der Waals surface area contributed by atoms with E-state index in [0.29, 0.717) is 17.7 Å². The lowest BCUT2D eigenvalue weighted by Crippen LogP contribution is -2.66. The minimum absolute atomic E-state index is 0.109. The number of aliphatic hydroxyl groups is 1. The van der Waals surface area contributed by atoms with E-state index >= 15 is 0 Å². The quantitative estimate of drug-likeness (QED) is 0.820. The molecule has 2 fully saturated rings. The van der Waals surface area contributed by atoms with Crippen LogP contribution in [-0.4, -0.2) is 46.5 Å². The molecule has 0 aromatic heterocycles. The lowest BCUT2D eigenvalue weighted by Gasteiger charge is -2.59. The summed E-state index contributed by atoms with van der Waals surface area (Å²) >= 11 is 0. The van der Waals surface area contributed by atoms with Crippen molar-refractivity contribution in [3.8, 4) is 11.5 Å². The zero-order chi connectivity index (χ0) is 15.8. The van der Waals surface area contributed by atoms with Gasteiger partial charge >= 0.3 is 0 Å². The van der Waals surface area contributed by atoms with Gasteiger partial charge in [-0.15, -0.1) is 6.58 Å². The number of benzene rings is 1. The maximum absolute atomic E-state index is 10.6. The maximum atomic E-state index is 10.6. The molecule has 4 nitrogen and oxygen atoms in total. The third-order valence-electron chi connectivity index (χ3n) is 6.76. The van der Waals surface area contributed by atoms with Crippen LogP contribution < -0.4 is 4.74 Å². The van der Waals surface area contributed by atoms with Crippen LogP contribution in [0, 0.1) is 5.92 Å². The number of phenols is 1. The van der Waals surface area contributed by atoms with E-state index < -0.39 is 6.10 Å². The highest BCUT2D eigenvalue weighted by molar-refractivity contribution is 5.60. The maximum Gasteiger partial charge on any atom is 0.165 e. The Morgan fingerprint density at radius 1 is 1.39 bits per heavy atom. The van der Waals surface area contributed by atoms with Crippen LogP contribution in [0.2, 0.25) is 0 Å². The van der Waals surface area contributed by atoms with Gasteiger partial charge < -0.3 is 14.9 Å². The van der Waals surface area contributed by atoms with Crippen LogP contribution in [0.3, 0.4) is 0 Å². The van der Waals surface area contributed by atoms with Crippen molar-refractivity contribution in [1.29, 1.82) is 0 Å². The zero-order valence-electron chi connectivity index (χ0n) is 13.2. The molecule has 2 heterocycles. The van der Waals surface area contributed by atoms with Crippen LogP contribution in [0.4, 0.5) is 0 Å². The molecule has 0 unspecified atom stereocenters. The summed E-state index contributed by atoms with van der Waals surface area (Å²) in [5.74, 6) is 1.37. The first-order valence-corrected chi connectivity index (χ1v) is 8.72. The third-order valence-corrected chi connectivity index (χ3v) is 6.76. The van der Waals surface area contributed by atoms with Gasteiger partial charge in [0.25, 0.3) is 0 Å². The van der Waals surface area contributed by atoms with Crippen LogP contribution in [0.5, 0.6) is 11.5 Å². The molecule has 2 aliphatic heterocycles. The first-order chi connectivity index (χ1) is 11.2.